The number of halogens is 2. The minimum atomic E-state index is -0.582. The Balaban J connectivity index is 1.61. The number of benzene rings is 1. The first-order valence-corrected chi connectivity index (χ1v) is 10.8. The van der Waals surface area contributed by atoms with Crippen LogP contribution in [-0.4, -0.2) is 41.8 Å². The van der Waals surface area contributed by atoms with E-state index in [1.807, 2.05) is 6.07 Å². The second-order valence-electron chi connectivity index (χ2n) is 8.04. The van der Waals surface area contributed by atoms with Crippen molar-refractivity contribution in [3.63, 3.8) is 0 Å². The molecule has 4 N–H and O–H groups in total. The normalized spacial score (nSPS) is 16.0. The standard InChI is InChI=1S/C24H26F2N6O/c1-15-4-2-6-17(26)22(15)19-8-7-18(27)23(30-19)24(33)31-20-12-28-10-9-21(20)32-11-3-5-16(13-32)29-14-25/h2,4,6-10,12,16,29H,3,5,11,13-14,27H2,1H3,(H,31,33)/t16-/m0/s1. The average molecular weight is 453 g/mol. The summed E-state index contributed by atoms with van der Waals surface area (Å²) < 4.78 is 27.2. The lowest BCUT2D eigenvalue weighted by molar-refractivity contribution is 0.102. The number of carbonyl (C=O) groups excluding carboxylic acids is 1. The van der Waals surface area contributed by atoms with Crippen LogP contribution in [0.3, 0.4) is 0 Å². The van der Waals surface area contributed by atoms with Crippen molar-refractivity contribution in [2.75, 3.05) is 35.8 Å². The number of amides is 1. The quantitative estimate of drug-likeness (QED) is 0.491. The highest BCUT2D eigenvalue weighted by atomic mass is 19.1. The molecule has 0 aliphatic carbocycles. The fourth-order valence-corrected chi connectivity index (χ4v) is 4.16. The summed E-state index contributed by atoms with van der Waals surface area (Å²) in [5.41, 5.74) is 8.86. The number of nitrogen functional groups attached to an aromatic ring is 1. The molecule has 3 aromatic rings. The average Bonchev–Trinajstić information content (AvgIpc) is 2.81. The highest BCUT2D eigenvalue weighted by molar-refractivity contribution is 6.08. The van der Waals surface area contributed by atoms with Gasteiger partial charge in [-0.3, -0.25) is 15.1 Å². The van der Waals surface area contributed by atoms with E-state index in [-0.39, 0.29) is 17.4 Å². The third kappa shape index (κ3) is 4.93. The minimum absolute atomic E-state index is 0.000530. The molecule has 1 aromatic carbocycles. The van der Waals surface area contributed by atoms with Gasteiger partial charge in [0.15, 0.2) is 5.69 Å². The largest absolute Gasteiger partial charge is 0.397 e. The second-order valence-corrected chi connectivity index (χ2v) is 8.04. The number of hydrogen-bond acceptors (Lipinski definition) is 6. The summed E-state index contributed by atoms with van der Waals surface area (Å²) in [6.07, 6.45) is 4.98. The Morgan fingerprint density at radius 3 is 2.91 bits per heavy atom. The van der Waals surface area contributed by atoms with Crippen LogP contribution in [0.25, 0.3) is 11.3 Å². The fraction of sp³-hybridized carbons (Fsp3) is 0.292. The molecule has 0 saturated carbocycles. The molecule has 1 aliphatic heterocycles. The Labute approximate surface area is 191 Å². The van der Waals surface area contributed by atoms with Crippen molar-refractivity contribution in [2.24, 2.45) is 0 Å². The topological polar surface area (TPSA) is 96.2 Å². The molecule has 0 bridgehead atoms. The van der Waals surface area contributed by atoms with E-state index in [4.69, 9.17) is 5.73 Å². The summed E-state index contributed by atoms with van der Waals surface area (Å²) in [6, 6.07) is 9.73. The maximum Gasteiger partial charge on any atom is 0.276 e. The van der Waals surface area contributed by atoms with E-state index in [2.05, 4.69) is 25.5 Å². The maximum atomic E-state index is 14.4. The van der Waals surface area contributed by atoms with Crippen molar-refractivity contribution in [1.82, 2.24) is 15.3 Å². The summed E-state index contributed by atoms with van der Waals surface area (Å²) in [5, 5.41) is 5.69. The highest BCUT2D eigenvalue weighted by Crippen LogP contribution is 2.30. The Morgan fingerprint density at radius 2 is 2.12 bits per heavy atom. The molecule has 1 amide bonds. The van der Waals surface area contributed by atoms with Crippen LogP contribution < -0.4 is 21.3 Å². The van der Waals surface area contributed by atoms with Gasteiger partial charge in [0.2, 0.25) is 0 Å². The minimum Gasteiger partial charge on any atom is -0.397 e. The van der Waals surface area contributed by atoms with E-state index < -0.39 is 18.5 Å². The Bertz CT molecular complexity index is 1130. The van der Waals surface area contributed by atoms with E-state index in [0.29, 0.717) is 29.1 Å². The molecule has 7 nitrogen and oxygen atoms in total. The summed E-state index contributed by atoms with van der Waals surface area (Å²) in [6.45, 7) is 2.59. The smallest absolute Gasteiger partial charge is 0.276 e. The van der Waals surface area contributed by atoms with Crippen LogP contribution in [0.2, 0.25) is 0 Å². The van der Waals surface area contributed by atoms with Crippen molar-refractivity contribution in [3.8, 4) is 11.3 Å². The van der Waals surface area contributed by atoms with Gasteiger partial charge >= 0.3 is 0 Å². The molecule has 33 heavy (non-hydrogen) atoms. The van der Waals surface area contributed by atoms with Gasteiger partial charge < -0.3 is 16.0 Å². The van der Waals surface area contributed by atoms with E-state index >= 15 is 0 Å². The molecule has 1 atom stereocenters. The van der Waals surface area contributed by atoms with Gasteiger partial charge in [0, 0.05) is 30.9 Å². The Kier molecular flexibility index (Phi) is 6.79. The first kappa shape index (κ1) is 22.6. The zero-order valence-electron chi connectivity index (χ0n) is 18.3. The molecule has 172 valence electrons. The van der Waals surface area contributed by atoms with Crippen molar-refractivity contribution < 1.29 is 13.6 Å². The monoisotopic (exact) mass is 452 g/mol. The van der Waals surface area contributed by atoms with Gasteiger partial charge in [0.05, 0.1) is 29.0 Å². The maximum absolute atomic E-state index is 14.4. The molecule has 4 rings (SSSR count). The zero-order valence-corrected chi connectivity index (χ0v) is 18.3. The van der Waals surface area contributed by atoms with Crippen LogP contribution in [0.5, 0.6) is 0 Å². The predicted molar refractivity (Wildman–Crippen MR) is 125 cm³/mol. The molecule has 1 aliphatic rings. The lowest BCUT2D eigenvalue weighted by Crippen LogP contribution is -2.45. The number of rotatable bonds is 6. The molecule has 0 spiro atoms. The van der Waals surface area contributed by atoms with Crippen molar-refractivity contribution in [3.05, 3.63) is 65.9 Å². The van der Waals surface area contributed by atoms with Gasteiger partial charge in [-0.1, -0.05) is 12.1 Å². The van der Waals surface area contributed by atoms with Crippen molar-refractivity contribution >= 4 is 23.0 Å². The summed E-state index contributed by atoms with van der Waals surface area (Å²) in [7, 11) is 0. The third-order valence-corrected chi connectivity index (χ3v) is 5.79. The van der Waals surface area contributed by atoms with Gasteiger partial charge in [0.1, 0.15) is 12.6 Å². The van der Waals surface area contributed by atoms with Crippen LogP contribution in [0, 0.1) is 12.7 Å². The van der Waals surface area contributed by atoms with Crippen LogP contribution in [-0.2, 0) is 0 Å². The Morgan fingerprint density at radius 1 is 1.27 bits per heavy atom. The van der Waals surface area contributed by atoms with Gasteiger partial charge in [-0.05, 0) is 49.6 Å². The number of nitrogens with two attached hydrogens (primary N) is 1. The van der Waals surface area contributed by atoms with E-state index in [1.54, 1.807) is 43.6 Å². The number of nitrogens with zero attached hydrogens (tertiary/aromatic N) is 3. The Hall–Kier alpha value is -3.59. The van der Waals surface area contributed by atoms with Crippen LogP contribution in [0.4, 0.5) is 25.8 Å². The molecule has 2 aromatic heterocycles. The number of anilines is 3. The molecule has 1 fully saturated rings. The molecule has 1 saturated heterocycles. The predicted octanol–water partition coefficient (Wildman–Crippen LogP) is 3.91. The van der Waals surface area contributed by atoms with Crippen molar-refractivity contribution in [2.45, 2.75) is 25.8 Å². The van der Waals surface area contributed by atoms with E-state index in [9.17, 15) is 13.6 Å². The van der Waals surface area contributed by atoms with Crippen LogP contribution in [0.15, 0.2) is 48.8 Å². The van der Waals surface area contributed by atoms with E-state index in [0.717, 1.165) is 25.1 Å². The number of nitrogens with one attached hydrogen (secondary N) is 2. The lowest BCUT2D eigenvalue weighted by Gasteiger charge is -2.35. The van der Waals surface area contributed by atoms with Crippen LogP contribution in [0.1, 0.15) is 28.9 Å². The highest BCUT2D eigenvalue weighted by Gasteiger charge is 2.23. The number of hydrogen-bond donors (Lipinski definition) is 3. The molecular weight excluding hydrogens is 426 g/mol. The number of alkyl halides is 1. The summed E-state index contributed by atoms with van der Waals surface area (Å²) >= 11 is 0. The third-order valence-electron chi connectivity index (χ3n) is 5.79. The molecule has 0 radical (unpaired) electrons. The lowest BCUT2D eigenvalue weighted by atomic mass is 10.0. The van der Waals surface area contributed by atoms with Crippen LogP contribution >= 0.6 is 0 Å². The number of aryl methyl sites for hydroxylation is 1. The van der Waals surface area contributed by atoms with Gasteiger partial charge in [-0.2, -0.15) is 0 Å². The number of piperidine rings is 1. The fourth-order valence-electron chi connectivity index (χ4n) is 4.16. The first-order chi connectivity index (χ1) is 16.0. The molecule has 9 heteroatoms. The van der Waals surface area contributed by atoms with E-state index in [1.165, 1.54) is 6.07 Å². The number of carbonyl (C=O) groups is 1. The summed E-state index contributed by atoms with van der Waals surface area (Å²) in [5.74, 6) is -0.942. The number of aromatic nitrogens is 2. The van der Waals surface area contributed by atoms with Gasteiger partial charge in [-0.15, -0.1) is 0 Å². The zero-order chi connectivity index (χ0) is 23.4. The molecule has 3 heterocycles. The van der Waals surface area contributed by atoms with Gasteiger partial charge in [-0.25, -0.2) is 13.8 Å². The summed E-state index contributed by atoms with van der Waals surface area (Å²) in [4.78, 5) is 23.7. The second kappa shape index (κ2) is 9.91. The molecule has 0 unspecified atom stereocenters. The first-order valence-electron chi connectivity index (χ1n) is 10.8. The van der Waals surface area contributed by atoms with Crippen molar-refractivity contribution in [1.29, 1.82) is 0 Å². The number of pyridine rings is 2. The molecular formula is C24H26F2N6O. The van der Waals surface area contributed by atoms with Gasteiger partial charge in [0.25, 0.3) is 5.91 Å². The SMILES string of the molecule is Cc1cccc(F)c1-c1ccc(N)c(C(=O)Nc2cnccc2N2CCC[C@H](NCF)C2)n1.